The van der Waals surface area contributed by atoms with Gasteiger partial charge in [-0.25, -0.2) is 0 Å². The predicted octanol–water partition coefficient (Wildman–Crippen LogP) is 3.15. The first-order chi connectivity index (χ1) is 11.0. The van der Waals surface area contributed by atoms with Gasteiger partial charge in [0.25, 0.3) is 11.8 Å². The maximum absolute atomic E-state index is 12.2. The van der Waals surface area contributed by atoms with Crippen LogP contribution in [0.2, 0.25) is 5.02 Å². The molecule has 0 aliphatic carbocycles. The molecule has 0 spiro atoms. The number of nitrogens with one attached hydrogen (secondary N) is 2. The van der Waals surface area contributed by atoms with Gasteiger partial charge in [0.1, 0.15) is 0 Å². The molecule has 7 heteroatoms. The molecule has 23 heavy (non-hydrogen) atoms. The number of fused-ring (bicyclic) bond motifs is 1. The van der Waals surface area contributed by atoms with Crippen molar-refractivity contribution in [2.24, 2.45) is 0 Å². The molecule has 2 amide bonds. The molecule has 0 radical (unpaired) electrons. The van der Waals surface area contributed by atoms with Crippen LogP contribution >= 0.6 is 23.8 Å². The van der Waals surface area contributed by atoms with Gasteiger partial charge < -0.3 is 5.32 Å². The van der Waals surface area contributed by atoms with Gasteiger partial charge in [0, 0.05) is 10.7 Å². The van der Waals surface area contributed by atoms with E-state index in [9.17, 15) is 9.59 Å². The van der Waals surface area contributed by atoms with Crippen molar-refractivity contribution in [1.82, 2.24) is 10.4 Å². The Balaban J connectivity index is 1.73. The number of hydrazine groups is 1. The van der Waals surface area contributed by atoms with Crippen molar-refractivity contribution in [3.05, 3.63) is 64.2 Å². The van der Waals surface area contributed by atoms with Crippen LogP contribution in [0.4, 0.5) is 5.69 Å². The Bertz CT molecular complexity index is 803. The third kappa shape index (κ3) is 2.91. The zero-order valence-electron chi connectivity index (χ0n) is 12.1. The third-order valence-electron chi connectivity index (χ3n) is 3.44. The number of aryl methyl sites for hydroxylation is 1. The fourth-order valence-corrected chi connectivity index (χ4v) is 2.61. The van der Waals surface area contributed by atoms with Crippen molar-refractivity contribution in [2.45, 2.75) is 6.92 Å². The van der Waals surface area contributed by atoms with Gasteiger partial charge >= 0.3 is 0 Å². The van der Waals surface area contributed by atoms with Crippen LogP contribution in [0.1, 0.15) is 26.3 Å². The van der Waals surface area contributed by atoms with Crippen molar-refractivity contribution in [3.63, 3.8) is 0 Å². The molecule has 0 fully saturated rings. The van der Waals surface area contributed by atoms with E-state index in [-0.39, 0.29) is 5.11 Å². The van der Waals surface area contributed by atoms with Crippen LogP contribution in [0.25, 0.3) is 0 Å². The Hall–Kier alpha value is -2.44. The second-order valence-electron chi connectivity index (χ2n) is 5.02. The van der Waals surface area contributed by atoms with Crippen LogP contribution in [0.15, 0.2) is 42.5 Å². The molecule has 5 nitrogen and oxygen atoms in total. The van der Waals surface area contributed by atoms with E-state index in [1.54, 1.807) is 36.4 Å². The molecule has 0 atom stereocenters. The molecule has 1 aliphatic heterocycles. The minimum absolute atomic E-state index is 0.124. The normalized spacial score (nSPS) is 13.0. The SMILES string of the molecule is Cc1ccc(NC(=S)NN2C(=O)c3ccccc3C2=O)cc1Cl. The number of benzene rings is 2. The van der Waals surface area contributed by atoms with Gasteiger partial charge in [0.2, 0.25) is 0 Å². The molecule has 3 rings (SSSR count). The zero-order chi connectivity index (χ0) is 16.6. The molecule has 0 saturated carbocycles. The van der Waals surface area contributed by atoms with Gasteiger partial charge in [-0.2, -0.15) is 5.01 Å². The van der Waals surface area contributed by atoms with Gasteiger partial charge in [0.15, 0.2) is 5.11 Å². The number of rotatable bonds is 2. The lowest BCUT2D eigenvalue weighted by molar-refractivity contribution is 0.0613. The van der Waals surface area contributed by atoms with Gasteiger partial charge in [-0.05, 0) is 49.0 Å². The molecule has 0 saturated heterocycles. The van der Waals surface area contributed by atoms with Crippen molar-refractivity contribution < 1.29 is 9.59 Å². The van der Waals surface area contributed by atoms with E-state index in [4.69, 9.17) is 23.8 Å². The van der Waals surface area contributed by atoms with Crippen molar-refractivity contribution in [3.8, 4) is 0 Å². The summed E-state index contributed by atoms with van der Waals surface area (Å²) >= 11 is 11.2. The topological polar surface area (TPSA) is 61.4 Å². The van der Waals surface area contributed by atoms with Crippen LogP contribution in [-0.4, -0.2) is 21.9 Å². The number of carbonyl (C=O) groups is 2. The summed E-state index contributed by atoms with van der Waals surface area (Å²) in [6, 6.07) is 12.0. The van der Waals surface area contributed by atoms with Crippen LogP contribution in [-0.2, 0) is 0 Å². The van der Waals surface area contributed by atoms with E-state index in [0.29, 0.717) is 21.8 Å². The Labute approximate surface area is 143 Å². The molecule has 0 unspecified atom stereocenters. The van der Waals surface area contributed by atoms with Crippen LogP contribution in [0, 0.1) is 6.92 Å². The quantitative estimate of drug-likeness (QED) is 0.646. The second-order valence-corrected chi connectivity index (χ2v) is 5.84. The molecule has 0 aromatic heterocycles. The minimum atomic E-state index is -0.434. The van der Waals surface area contributed by atoms with E-state index in [1.165, 1.54) is 0 Å². The Morgan fingerprint density at radius 1 is 1.09 bits per heavy atom. The smallest absolute Gasteiger partial charge is 0.280 e. The summed E-state index contributed by atoms with van der Waals surface area (Å²) in [4.78, 5) is 24.5. The lowest BCUT2D eigenvalue weighted by Gasteiger charge is -2.18. The molecule has 0 bridgehead atoms. The highest BCUT2D eigenvalue weighted by molar-refractivity contribution is 7.80. The first-order valence-electron chi connectivity index (χ1n) is 6.79. The largest absolute Gasteiger partial charge is 0.331 e. The van der Waals surface area contributed by atoms with Gasteiger partial charge in [0.05, 0.1) is 11.1 Å². The van der Waals surface area contributed by atoms with Crippen LogP contribution < -0.4 is 10.7 Å². The Morgan fingerprint density at radius 3 is 2.26 bits per heavy atom. The van der Waals surface area contributed by atoms with Gasteiger partial charge in [-0.15, -0.1) is 0 Å². The number of halogens is 1. The van der Waals surface area contributed by atoms with Gasteiger partial charge in [-0.3, -0.25) is 15.0 Å². The number of imide groups is 1. The number of thiocarbonyl (C=S) groups is 1. The van der Waals surface area contributed by atoms with E-state index < -0.39 is 11.8 Å². The summed E-state index contributed by atoms with van der Waals surface area (Å²) in [6.07, 6.45) is 0. The molecule has 1 heterocycles. The maximum atomic E-state index is 12.2. The summed E-state index contributed by atoms with van der Waals surface area (Å²) in [5.41, 5.74) is 4.93. The van der Waals surface area contributed by atoms with Crippen LogP contribution in [0.5, 0.6) is 0 Å². The van der Waals surface area contributed by atoms with Crippen LogP contribution in [0.3, 0.4) is 0 Å². The molecule has 2 aromatic carbocycles. The zero-order valence-corrected chi connectivity index (χ0v) is 13.7. The fraction of sp³-hybridized carbons (Fsp3) is 0.0625. The Morgan fingerprint density at radius 2 is 1.70 bits per heavy atom. The summed E-state index contributed by atoms with van der Waals surface area (Å²) in [5, 5.41) is 4.51. The fourth-order valence-electron chi connectivity index (χ4n) is 2.22. The standard InChI is InChI=1S/C16H12ClN3O2S/c1-9-6-7-10(8-13(9)17)18-16(23)19-20-14(21)11-4-2-3-5-12(11)15(20)22/h2-8H,1H3,(H2,18,19,23). The molecule has 2 aromatic rings. The van der Waals surface area contributed by atoms with E-state index >= 15 is 0 Å². The highest BCUT2D eigenvalue weighted by Crippen LogP contribution is 2.22. The summed E-state index contributed by atoms with van der Waals surface area (Å²) in [6.45, 7) is 1.89. The molecule has 1 aliphatic rings. The second kappa shape index (κ2) is 5.98. The number of amides is 2. The first kappa shape index (κ1) is 15.5. The highest BCUT2D eigenvalue weighted by Gasteiger charge is 2.35. The number of hydrogen-bond acceptors (Lipinski definition) is 3. The average molecular weight is 346 g/mol. The molecule has 116 valence electrons. The van der Waals surface area contributed by atoms with E-state index in [2.05, 4.69) is 10.7 Å². The highest BCUT2D eigenvalue weighted by atomic mass is 35.5. The minimum Gasteiger partial charge on any atom is -0.331 e. The Kier molecular flexibility index (Phi) is 4.02. The monoisotopic (exact) mass is 345 g/mol. The first-order valence-corrected chi connectivity index (χ1v) is 7.57. The van der Waals surface area contributed by atoms with Crippen molar-refractivity contribution >= 4 is 46.4 Å². The predicted molar refractivity (Wildman–Crippen MR) is 92.5 cm³/mol. The summed E-state index contributed by atoms with van der Waals surface area (Å²) < 4.78 is 0. The third-order valence-corrected chi connectivity index (χ3v) is 4.04. The van der Waals surface area contributed by atoms with Crippen molar-refractivity contribution in [1.29, 1.82) is 0 Å². The lowest BCUT2D eigenvalue weighted by atomic mass is 10.1. The summed E-state index contributed by atoms with van der Waals surface area (Å²) in [5.74, 6) is -0.867. The number of hydrogen-bond donors (Lipinski definition) is 2. The number of anilines is 1. The number of carbonyl (C=O) groups excluding carboxylic acids is 2. The maximum Gasteiger partial charge on any atom is 0.280 e. The van der Waals surface area contributed by atoms with Crippen molar-refractivity contribution in [2.75, 3.05) is 5.32 Å². The van der Waals surface area contributed by atoms with Gasteiger partial charge in [-0.1, -0.05) is 29.8 Å². The van der Waals surface area contributed by atoms with E-state index in [1.807, 2.05) is 13.0 Å². The lowest BCUT2D eigenvalue weighted by Crippen LogP contribution is -2.47. The molecular weight excluding hydrogens is 334 g/mol. The van der Waals surface area contributed by atoms with E-state index in [0.717, 1.165) is 10.6 Å². The molecular formula is C16H12ClN3O2S. The number of nitrogens with zero attached hydrogens (tertiary/aromatic N) is 1. The average Bonchev–Trinajstić information content (AvgIpc) is 2.76. The molecule has 2 N–H and O–H groups in total. The summed E-state index contributed by atoms with van der Waals surface area (Å²) in [7, 11) is 0.